The van der Waals surface area contributed by atoms with Crippen molar-refractivity contribution in [2.24, 2.45) is 0 Å². The molecule has 1 aromatic rings. The topological polar surface area (TPSA) is 31.4 Å². The van der Waals surface area contributed by atoms with Crippen LogP contribution in [0, 0.1) is 6.92 Å². The number of pyridine rings is 1. The van der Waals surface area contributed by atoms with Gasteiger partial charge in [-0.25, -0.2) is 0 Å². The largest absolute Gasteiger partial charge is 0.486 e. The van der Waals surface area contributed by atoms with Gasteiger partial charge in [-0.05, 0) is 19.1 Å². The Labute approximate surface area is 94.4 Å². The van der Waals surface area contributed by atoms with Gasteiger partial charge in [0.25, 0.3) is 0 Å². The van der Waals surface area contributed by atoms with Gasteiger partial charge in [-0.3, -0.25) is 4.98 Å². The molecule has 0 bridgehead atoms. The van der Waals surface area contributed by atoms with E-state index in [2.05, 4.69) is 4.98 Å². The average Bonchev–Trinajstić information content (AvgIpc) is 2.20. The highest BCUT2D eigenvalue weighted by molar-refractivity contribution is 6.21. The molecule has 3 atom stereocenters. The van der Waals surface area contributed by atoms with Crippen LogP contribution < -0.4 is 4.74 Å². The quantitative estimate of drug-likeness (QED) is 0.742. The Kier molecular flexibility index (Phi) is 3.12. The molecule has 1 fully saturated rings. The predicted octanol–water partition coefficient (Wildman–Crippen LogP) is 2.16. The Hall–Kier alpha value is -0.800. The number of aromatic nitrogens is 1. The molecule has 2 rings (SSSR count). The standard InChI is InChI=1S/C11H14ClNO2/c1-7-9(4-3-5-13-7)15-10-6-8(12)11(10)14-2/h3-5,8,10-11H,6H2,1-2H3. The van der Waals surface area contributed by atoms with E-state index < -0.39 is 0 Å². The summed E-state index contributed by atoms with van der Waals surface area (Å²) < 4.78 is 11.0. The molecule has 1 heterocycles. The molecule has 1 aliphatic carbocycles. The zero-order valence-electron chi connectivity index (χ0n) is 8.81. The van der Waals surface area contributed by atoms with E-state index in [0.717, 1.165) is 17.9 Å². The molecule has 0 N–H and O–H groups in total. The summed E-state index contributed by atoms with van der Waals surface area (Å²) >= 11 is 6.00. The molecule has 3 nitrogen and oxygen atoms in total. The second-order valence-corrected chi connectivity index (χ2v) is 4.26. The lowest BCUT2D eigenvalue weighted by molar-refractivity contribution is -0.0587. The number of ether oxygens (including phenoxy) is 2. The number of rotatable bonds is 3. The van der Waals surface area contributed by atoms with Crippen LogP contribution in [0.5, 0.6) is 5.75 Å². The van der Waals surface area contributed by atoms with Gasteiger partial charge in [-0.15, -0.1) is 11.6 Å². The van der Waals surface area contributed by atoms with E-state index in [-0.39, 0.29) is 17.6 Å². The molecule has 3 unspecified atom stereocenters. The first-order valence-electron chi connectivity index (χ1n) is 4.97. The number of nitrogens with zero attached hydrogens (tertiary/aromatic N) is 1. The van der Waals surface area contributed by atoms with Crippen molar-refractivity contribution in [1.29, 1.82) is 0 Å². The van der Waals surface area contributed by atoms with Crippen molar-refractivity contribution in [3.05, 3.63) is 24.0 Å². The summed E-state index contributed by atoms with van der Waals surface area (Å²) in [5.74, 6) is 0.813. The average molecular weight is 228 g/mol. The van der Waals surface area contributed by atoms with Gasteiger partial charge in [0.1, 0.15) is 18.0 Å². The maximum atomic E-state index is 6.00. The smallest absolute Gasteiger partial charge is 0.141 e. The third kappa shape index (κ3) is 2.08. The summed E-state index contributed by atoms with van der Waals surface area (Å²) in [4.78, 5) is 4.16. The minimum Gasteiger partial charge on any atom is -0.486 e. The number of halogens is 1. The van der Waals surface area contributed by atoms with E-state index >= 15 is 0 Å². The molecule has 1 saturated carbocycles. The van der Waals surface area contributed by atoms with Crippen LogP contribution in [0.3, 0.4) is 0 Å². The van der Waals surface area contributed by atoms with Gasteiger partial charge >= 0.3 is 0 Å². The van der Waals surface area contributed by atoms with Gasteiger partial charge < -0.3 is 9.47 Å². The maximum absolute atomic E-state index is 6.00. The van der Waals surface area contributed by atoms with Crippen LogP contribution in [-0.2, 0) is 4.74 Å². The van der Waals surface area contributed by atoms with Crippen molar-refractivity contribution in [3.8, 4) is 5.75 Å². The van der Waals surface area contributed by atoms with Crippen LogP contribution in [-0.4, -0.2) is 29.7 Å². The molecule has 0 amide bonds. The van der Waals surface area contributed by atoms with Crippen LogP contribution in [0.25, 0.3) is 0 Å². The summed E-state index contributed by atoms with van der Waals surface area (Å²) in [5, 5.41) is 0.0666. The van der Waals surface area contributed by atoms with Gasteiger partial charge in [0, 0.05) is 19.7 Å². The molecule has 0 aliphatic heterocycles. The Morgan fingerprint density at radius 2 is 2.33 bits per heavy atom. The van der Waals surface area contributed by atoms with Gasteiger partial charge in [-0.2, -0.15) is 0 Å². The van der Waals surface area contributed by atoms with Crippen molar-refractivity contribution in [2.45, 2.75) is 30.9 Å². The third-order valence-corrected chi connectivity index (χ3v) is 3.12. The van der Waals surface area contributed by atoms with E-state index in [0.29, 0.717) is 0 Å². The highest BCUT2D eigenvalue weighted by Gasteiger charge is 2.42. The van der Waals surface area contributed by atoms with Crippen LogP contribution >= 0.6 is 11.6 Å². The van der Waals surface area contributed by atoms with Crippen LogP contribution in [0.4, 0.5) is 0 Å². The van der Waals surface area contributed by atoms with E-state index in [1.54, 1.807) is 13.3 Å². The number of hydrogen-bond donors (Lipinski definition) is 0. The second kappa shape index (κ2) is 4.37. The molecule has 1 aromatic heterocycles. The third-order valence-electron chi connectivity index (χ3n) is 2.69. The van der Waals surface area contributed by atoms with Crippen LogP contribution in [0.15, 0.2) is 18.3 Å². The van der Waals surface area contributed by atoms with Gasteiger partial charge in [-0.1, -0.05) is 0 Å². The summed E-state index contributed by atoms with van der Waals surface area (Å²) in [5.41, 5.74) is 0.894. The Bertz CT molecular complexity index is 345. The van der Waals surface area contributed by atoms with Crippen LogP contribution in [0.1, 0.15) is 12.1 Å². The molecule has 15 heavy (non-hydrogen) atoms. The maximum Gasteiger partial charge on any atom is 0.141 e. The summed E-state index contributed by atoms with van der Waals surface area (Å²) in [6.45, 7) is 1.92. The molecule has 82 valence electrons. The molecule has 4 heteroatoms. The molecule has 0 saturated heterocycles. The Balaban J connectivity index is 2.01. The zero-order chi connectivity index (χ0) is 10.8. The fourth-order valence-electron chi connectivity index (χ4n) is 1.70. The lowest BCUT2D eigenvalue weighted by Gasteiger charge is -2.39. The Morgan fingerprint density at radius 3 is 2.93 bits per heavy atom. The monoisotopic (exact) mass is 227 g/mol. The van der Waals surface area contributed by atoms with Crippen LogP contribution in [0.2, 0.25) is 0 Å². The normalized spacial score (nSPS) is 29.7. The lowest BCUT2D eigenvalue weighted by Crippen LogP contribution is -2.52. The number of aryl methyl sites for hydroxylation is 1. The summed E-state index contributed by atoms with van der Waals surface area (Å²) in [6, 6.07) is 3.78. The minimum absolute atomic E-state index is 0.00808. The van der Waals surface area contributed by atoms with Crippen molar-refractivity contribution >= 4 is 11.6 Å². The highest BCUT2D eigenvalue weighted by Crippen LogP contribution is 2.32. The van der Waals surface area contributed by atoms with E-state index in [1.807, 2.05) is 19.1 Å². The number of methoxy groups -OCH3 is 1. The van der Waals surface area contributed by atoms with Gasteiger partial charge in [0.15, 0.2) is 0 Å². The zero-order valence-corrected chi connectivity index (χ0v) is 9.57. The molecule has 0 radical (unpaired) electrons. The Morgan fingerprint density at radius 1 is 1.53 bits per heavy atom. The van der Waals surface area contributed by atoms with Gasteiger partial charge in [0.05, 0.1) is 11.1 Å². The van der Waals surface area contributed by atoms with E-state index in [1.165, 1.54) is 0 Å². The summed E-state index contributed by atoms with van der Waals surface area (Å²) in [6.07, 6.45) is 2.63. The molecule has 0 spiro atoms. The fraction of sp³-hybridized carbons (Fsp3) is 0.545. The number of alkyl halides is 1. The first kappa shape index (κ1) is 10.7. The fourth-order valence-corrected chi connectivity index (χ4v) is 2.14. The van der Waals surface area contributed by atoms with Crippen molar-refractivity contribution < 1.29 is 9.47 Å². The van der Waals surface area contributed by atoms with Gasteiger partial charge in [0.2, 0.25) is 0 Å². The van der Waals surface area contributed by atoms with Crippen molar-refractivity contribution in [3.63, 3.8) is 0 Å². The molecular weight excluding hydrogens is 214 g/mol. The minimum atomic E-state index is -0.00808. The lowest BCUT2D eigenvalue weighted by atomic mass is 9.91. The van der Waals surface area contributed by atoms with E-state index in [4.69, 9.17) is 21.1 Å². The van der Waals surface area contributed by atoms with Crippen molar-refractivity contribution in [1.82, 2.24) is 4.98 Å². The van der Waals surface area contributed by atoms with E-state index in [9.17, 15) is 0 Å². The summed E-state index contributed by atoms with van der Waals surface area (Å²) in [7, 11) is 1.66. The van der Waals surface area contributed by atoms with Crippen molar-refractivity contribution in [2.75, 3.05) is 7.11 Å². The molecule has 0 aromatic carbocycles. The second-order valence-electron chi connectivity index (χ2n) is 3.70. The predicted molar refractivity (Wildman–Crippen MR) is 58.4 cm³/mol. The SMILES string of the molecule is COC1C(Cl)CC1Oc1cccnc1C. The first-order chi connectivity index (χ1) is 7.22. The molecular formula is C11H14ClNO2. The first-order valence-corrected chi connectivity index (χ1v) is 5.41. The number of hydrogen-bond acceptors (Lipinski definition) is 3. The highest BCUT2D eigenvalue weighted by atomic mass is 35.5. The molecule has 1 aliphatic rings.